The van der Waals surface area contributed by atoms with Gasteiger partial charge in [-0.15, -0.1) is 0 Å². The number of rotatable bonds is 1. The first kappa shape index (κ1) is 8.91. The van der Waals surface area contributed by atoms with Crippen LogP contribution in [0.25, 0.3) is 0 Å². The van der Waals surface area contributed by atoms with E-state index >= 15 is 0 Å². The lowest BCUT2D eigenvalue weighted by atomic mass is 9.87. The SMILES string of the molecule is CC1CN(C)CCC1C(F)F. The van der Waals surface area contributed by atoms with Gasteiger partial charge in [-0.2, -0.15) is 0 Å². The molecule has 1 aliphatic rings. The lowest BCUT2D eigenvalue weighted by Gasteiger charge is -2.34. The molecule has 0 saturated carbocycles. The Kier molecular flexibility index (Phi) is 2.82. The first-order valence-corrected chi connectivity index (χ1v) is 4.08. The average molecular weight is 163 g/mol. The van der Waals surface area contributed by atoms with Gasteiger partial charge in [-0.05, 0) is 25.9 Å². The molecule has 66 valence electrons. The van der Waals surface area contributed by atoms with Crippen LogP contribution in [0, 0.1) is 11.8 Å². The summed E-state index contributed by atoms with van der Waals surface area (Å²) in [7, 11) is 1.98. The fourth-order valence-electron chi connectivity index (χ4n) is 1.75. The predicted octanol–water partition coefficient (Wildman–Crippen LogP) is 1.84. The lowest BCUT2D eigenvalue weighted by Crippen LogP contribution is -2.39. The second-order valence-corrected chi connectivity index (χ2v) is 3.53. The van der Waals surface area contributed by atoms with E-state index in [1.54, 1.807) is 0 Å². The van der Waals surface area contributed by atoms with Crippen LogP contribution in [-0.2, 0) is 0 Å². The maximum absolute atomic E-state index is 12.3. The first-order valence-electron chi connectivity index (χ1n) is 4.08. The monoisotopic (exact) mass is 163 g/mol. The Morgan fingerprint density at radius 1 is 1.45 bits per heavy atom. The molecule has 1 saturated heterocycles. The average Bonchev–Trinajstić information content (AvgIpc) is 1.85. The van der Waals surface area contributed by atoms with E-state index in [0.717, 1.165) is 13.1 Å². The van der Waals surface area contributed by atoms with Crippen molar-refractivity contribution in [2.24, 2.45) is 11.8 Å². The van der Waals surface area contributed by atoms with Gasteiger partial charge < -0.3 is 4.90 Å². The number of hydrogen-bond donors (Lipinski definition) is 0. The molecule has 0 aromatic heterocycles. The maximum atomic E-state index is 12.3. The van der Waals surface area contributed by atoms with Gasteiger partial charge in [0.25, 0.3) is 0 Å². The molecular weight excluding hydrogens is 148 g/mol. The Bertz CT molecular complexity index is 127. The van der Waals surface area contributed by atoms with Crippen molar-refractivity contribution in [1.82, 2.24) is 4.90 Å². The van der Waals surface area contributed by atoms with Crippen molar-refractivity contribution in [3.63, 3.8) is 0 Å². The molecule has 2 unspecified atom stereocenters. The van der Waals surface area contributed by atoms with Crippen molar-refractivity contribution in [3.05, 3.63) is 0 Å². The number of hydrogen-bond acceptors (Lipinski definition) is 1. The maximum Gasteiger partial charge on any atom is 0.241 e. The molecule has 0 N–H and O–H groups in total. The summed E-state index contributed by atoms with van der Waals surface area (Å²) in [5.74, 6) is -0.222. The lowest BCUT2D eigenvalue weighted by molar-refractivity contribution is 0.00810. The van der Waals surface area contributed by atoms with Crippen LogP contribution in [0.3, 0.4) is 0 Å². The predicted molar refractivity (Wildman–Crippen MR) is 40.8 cm³/mol. The summed E-state index contributed by atoms with van der Waals surface area (Å²) in [6.45, 7) is 3.54. The standard InChI is InChI=1S/C8H15F2N/c1-6-5-11(2)4-3-7(6)8(9)10/h6-8H,3-5H2,1-2H3. The van der Waals surface area contributed by atoms with Crippen molar-refractivity contribution >= 4 is 0 Å². The molecule has 1 nitrogen and oxygen atoms in total. The smallest absolute Gasteiger partial charge is 0.241 e. The third-order valence-electron chi connectivity index (χ3n) is 2.50. The summed E-state index contributed by atoms with van der Waals surface area (Å²) in [4.78, 5) is 2.11. The van der Waals surface area contributed by atoms with Crippen LogP contribution >= 0.6 is 0 Å². The van der Waals surface area contributed by atoms with E-state index in [2.05, 4.69) is 4.90 Å². The van der Waals surface area contributed by atoms with Gasteiger partial charge >= 0.3 is 0 Å². The van der Waals surface area contributed by atoms with Crippen LogP contribution in [0.4, 0.5) is 8.78 Å². The number of alkyl halides is 2. The molecule has 0 aliphatic carbocycles. The van der Waals surface area contributed by atoms with Crippen molar-refractivity contribution in [3.8, 4) is 0 Å². The van der Waals surface area contributed by atoms with E-state index in [0.29, 0.717) is 6.42 Å². The molecule has 1 rings (SSSR count). The third kappa shape index (κ3) is 2.12. The Morgan fingerprint density at radius 2 is 2.09 bits per heavy atom. The van der Waals surface area contributed by atoms with Crippen molar-refractivity contribution < 1.29 is 8.78 Å². The molecule has 0 amide bonds. The summed E-state index contributed by atoms with van der Waals surface area (Å²) in [6.07, 6.45) is -1.48. The van der Waals surface area contributed by atoms with Gasteiger partial charge in [0.1, 0.15) is 0 Å². The van der Waals surface area contributed by atoms with E-state index < -0.39 is 6.43 Å². The van der Waals surface area contributed by atoms with E-state index in [1.807, 2.05) is 14.0 Å². The number of piperidine rings is 1. The molecule has 0 aromatic rings. The van der Waals surface area contributed by atoms with Gasteiger partial charge in [0.15, 0.2) is 0 Å². The zero-order chi connectivity index (χ0) is 8.43. The molecular formula is C8H15F2N. The summed E-state index contributed by atoms with van der Waals surface area (Å²) in [5.41, 5.74) is 0. The normalized spacial score (nSPS) is 34.6. The molecule has 1 aliphatic heterocycles. The molecule has 0 aromatic carbocycles. The topological polar surface area (TPSA) is 3.24 Å². The van der Waals surface area contributed by atoms with E-state index in [-0.39, 0.29) is 11.8 Å². The zero-order valence-electron chi connectivity index (χ0n) is 7.06. The van der Waals surface area contributed by atoms with Crippen LogP contribution in [0.15, 0.2) is 0 Å². The van der Waals surface area contributed by atoms with E-state index in [9.17, 15) is 8.78 Å². The van der Waals surface area contributed by atoms with Crippen molar-refractivity contribution in [2.75, 3.05) is 20.1 Å². The Hall–Kier alpha value is -0.180. The highest BCUT2D eigenvalue weighted by Crippen LogP contribution is 2.27. The van der Waals surface area contributed by atoms with Crippen molar-refractivity contribution in [1.29, 1.82) is 0 Å². The molecule has 0 bridgehead atoms. The van der Waals surface area contributed by atoms with Gasteiger partial charge in [0.2, 0.25) is 6.43 Å². The largest absolute Gasteiger partial charge is 0.306 e. The highest BCUT2D eigenvalue weighted by Gasteiger charge is 2.30. The summed E-state index contributed by atoms with van der Waals surface area (Å²) in [6, 6.07) is 0. The molecule has 1 fully saturated rings. The molecule has 0 radical (unpaired) electrons. The van der Waals surface area contributed by atoms with E-state index in [1.165, 1.54) is 0 Å². The fourth-order valence-corrected chi connectivity index (χ4v) is 1.75. The minimum absolute atomic E-state index is 0.147. The molecule has 3 heteroatoms. The van der Waals surface area contributed by atoms with Crippen LogP contribution < -0.4 is 0 Å². The second-order valence-electron chi connectivity index (χ2n) is 3.53. The fraction of sp³-hybridized carbons (Fsp3) is 1.00. The second kappa shape index (κ2) is 3.48. The Morgan fingerprint density at radius 3 is 2.55 bits per heavy atom. The van der Waals surface area contributed by atoms with Gasteiger partial charge in [0, 0.05) is 12.5 Å². The van der Waals surface area contributed by atoms with Crippen LogP contribution in [-0.4, -0.2) is 31.5 Å². The third-order valence-corrected chi connectivity index (χ3v) is 2.50. The summed E-state index contributed by atoms with van der Waals surface area (Å²) >= 11 is 0. The number of likely N-dealkylation sites (tertiary alicyclic amines) is 1. The quantitative estimate of drug-likeness (QED) is 0.570. The Labute approximate surface area is 66.4 Å². The van der Waals surface area contributed by atoms with Crippen LogP contribution in [0.5, 0.6) is 0 Å². The van der Waals surface area contributed by atoms with E-state index in [4.69, 9.17) is 0 Å². The zero-order valence-corrected chi connectivity index (χ0v) is 7.06. The molecule has 1 heterocycles. The molecule has 0 spiro atoms. The highest BCUT2D eigenvalue weighted by atomic mass is 19.3. The van der Waals surface area contributed by atoms with Crippen molar-refractivity contribution in [2.45, 2.75) is 19.8 Å². The minimum atomic E-state index is -2.13. The van der Waals surface area contributed by atoms with Gasteiger partial charge in [-0.1, -0.05) is 6.92 Å². The van der Waals surface area contributed by atoms with Gasteiger partial charge in [-0.25, -0.2) is 8.78 Å². The number of nitrogens with zero attached hydrogens (tertiary/aromatic N) is 1. The molecule has 11 heavy (non-hydrogen) atoms. The summed E-state index contributed by atoms with van der Waals surface area (Å²) < 4.78 is 24.6. The molecule has 2 atom stereocenters. The highest BCUT2D eigenvalue weighted by molar-refractivity contribution is 4.77. The van der Waals surface area contributed by atoms with Gasteiger partial charge in [-0.3, -0.25) is 0 Å². The Balaban J connectivity index is 2.44. The minimum Gasteiger partial charge on any atom is -0.306 e. The first-order chi connectivity index (χ1) is 5.11. The number of halogens is 2. The van der Waals surface area contributed by atoms with Gasteiger partial charge in [0.05, 0.1) is 0 Å². The van der Waals surface area contributed by atoms with Crippen LogP contribution in [0.1, 0.15) is 13.3 Å². The van der Waals surface area contributed by atoms with Crippen LogP contribution in [0.2, 0.25) is 0 Å². The summed E-state index contributed by atoms with van der Waals surface area (Å²) in [5, 5.41) is 0.